The van der Waals surface area contributed by atoms with Gasteiger partial charge in [0.15, 0.2) is 22.8 Å². The topological polar surface area (TPSA) is 78.2 Å². The van der Waals surface area contributed by atoms with Gasteiger partial charge in [-0.2, -0.15) is 0 Å². The van der Waals surface area contributed by atoms with Crippen molar-refractivity contribution in [2.45, 2.75) is 149 Å². The summed E-state index contributed by atoms with van der Waals surface area (Å²) < 4.78 is 67.0. The van der Waals surface area contributed by atoms with Gasteiger partial charge in [0.1, 0.15) is 23.9 Å². The molecule has 1 atom stereocenters. The first-order valence-corrected chi connectivity index (χ1v) is 26.2. The van der Waals surface area contributed by atoms with Crippen LogP contribution in [0.5, 0.6) is 23.0 Å². The fraction of sp³-hybridized carbons (Fsp3) is 0.466. The maximum atomic E-state index is 14.7. The molecule has 69 heavy (non-hydrogen) atoms. The maximum absolute atomic E-state index is 14.7. The van der Waals surface area contributed by atoms with Crippen LogP contribution in [0, 0.1) is 12.4 Å². The zero-order valence-electron chi connectivity index (χ0n) is 43.5. The van der Waals surface area contributed by atoms with Gasteiger partial charge in [-0.15, -0.1) is 0 Å². The highest BCUT2D eigenvalue weighted by molar-refractivity contribution is 6.61. The SMILES string of the molecule is [C-]#[N+]c1ccc2c(c1)C(CC)(CC)c1c3c(c4cc(OC)c(OC)cc4c1-2)OC(c1ccc(F)cc1)(c1ccc(OCCOC(C)(C)CC[Si](OC(C)(C)C)(OC(C)(C)C)OC(C)(C)C)cc1)C=C3. The molecular formula is C58H72FNO8Si. The fourth-order valence-corrected chi connectivity index (χ4v) is 14.3. The van der Waals surface area contributed by atoms with Crippen LogP contribution in [0.1, 0.15) is 137 Å². The van der Waals surface area contributed by atoms with Crippen molar-refractivity contribution in [2.75, 3.05) is 27.4 Å². The Bertz CT molecular complexity index is 2690. The molecule has 0 spiro atoms. The Balaban J connectivity index is 1.20. The van der Waals surface area contributed by atoms with E-state index in [1.54, 1.807) is 26.4 Å². The molecule has 1 aliphatic carbocycles. The van der Waals surface area contributed by atoms with E-state index < -0.39 is 42.2 Å². The van der Waals surface area contributed by atoms with Crippen molar-refractivity contribution < 1.29 is 41.4 Å². The van der Waals surface area contributed by atoms with Gasteiger partial charge < -0.3 is 37.0 Å². The number of fused-ring (bicyclic) bond motifs is 8. The van der Waals surface area contributed by atoms with Crippen LogP contribution in [0.15, 0.2) is 84.9 Å². The monoisotopic (exact) mass is 958 g/mol. The molecule has 0 saturated carbocycles. The number of ether oxygens (including phenoxy) is 5. The second kappa shape index (κ2) is 19.2. The van der Waals surface area contributed by atoms with Crippen LogP contribution >= 0.6 is 0 Å². The van der Waals surface area contributed by atoms with E-state index in [4.69, 9.17) is 43.5 Å². The predicted octanol–water partition coefficient (Wildman–Crippen LogP) is 14.9. The number of methoxy groups -OCH3 is 2. The lowest BCUT2D eigenvalue weighted by molar-refractivity contribution is -0.0823. The number of hydrogen-bond acceptors (Lipinski definition) is 8. The first-order chi connectivity index (χ1) is 32.3. The minimum Gasteiger partial charge on any atom is -0.493 e. The largest absolute Gasteiger partial charge is 0.502 e. The summed E-state index contributed by atoms with van der Waals surface area (Å²) in [7, 11) is 0.0728. The lowest BCUT2D eigenvalue weighted by Gasteiger charge is -2.44. The molecule has 0 amide bonds. The lowest BCUT2D eigenvalue weighted by atomic mass is 9.71. The number of benzene rings is 5. The molecule has 1 aliphatic heterocycles. The van der Waals surface area contributed by atoms with E-state index in [2.05, 4.69) is 56.8 Å². The molecule has 368 valence electrons. The highest BCUT2D eigenvalue weighted by Gasteiger charge is 2.51. The van der Waals surface area contributed by atoms with Crippen molar-refractivity contribution in [3.63, 3.8) is 0 Å². The van der Waals surface area contributed by atoms with Crippen LogP contribution < -0.4 is 18.9 Å². The first kappa shape index (κ1) is 51.6. The van der Waals surface area contributed by atoms with Crippen molar-refractivity contribution in [1.82, 2.24) is 0 Å². The molecule has 5 aromatic carbocycles. The van der Waals surface area contributed by atoms with Gasteiger partial charge in [-0.05, 0) is 166 Å². The van der Waals surface area contributed by atoms with Gasteiger partial charge in [0.05, 0.1) is 49.8 Å². The Morgan fingerprint density at radius 2 is 1.25 bits per heavy atom. The third-order valence-electron chi connectivity index (χ3n) is 13.0. The highest BCUT2D eigenvalue weighted by Crippen LogP contribution is 2.61. The zero-order valence-corrected chi connectivity index (χ0v) is 44.5. The van der Waals surface area contributed by atoms with E-state index in [0.29, 0.717) is 54.4 Å². The van der Waals surface area contributed by atoms with Gasteiger partial charge in [-0.3, -0.25) is 0 Å². The van der Waals surface area contributed by atoms with E-state index in [9.17, 15) is 4.39 Å². The van der Waals surface area contributed by atoms with Crippen LogP contribution in [0.2, 0.25) is 6.04 Å². The summed E-state index contributed by atoms with van der Waals surface area (Å²) in [5.74, 6) is 2.18. The van der Waals surface area contributed by atoms with E-state index in [1.165, 1.54) is 12.1 Å². The first-order valence-electron chi connectivity index (χ1n) is 24.3. The minimum atomic E-state index is -3.20. The summed E-state index contributed by atoms with van der Waals surface area (Å²) in [6.07, 6.45) is 6.54. The third kappa shape index (κ3) is 10.6. The Labute approximate surface area is 411 Å². The van der Waals surface area contributed by atoms with Crippen molar-refractivity contribution in [1.29, 1.82) is 0 Å². The maximum Gasteiger partial charge on any atom is 0.502 e. The smallest absolute Gasteiger partial charge is 0.493 e. The van der Waals surface area contributed by atoms with E-state index in [0.717, 1.165) is 62.6 Å². The van der Waals surface area contributed by atoms with Crippen LogP contribution in [0.25, 0.3) is 32.8 Å². The normalized spacial score (nSPS) is 16.6. The second-order valence-corrected chi connectivity index (χ2v) is 24.3. The Hall–Kier alpha value is -5.22. The zero-order chi connectivity index (χ0) is 50.4. The van der Waals surface area contributed by atoms with Gasteiger partial charge in [0, 0.05) is 33.5 Å². The number of rotatable bonds is 17. The van der Waals surface area contributed by atoms with Crippen molar-refractivity contribution in [3.8, 4) is 34.1 Å². The molecule has 0 bridgehead atoms. The fourth-order valence-electron chi connectivity index (χ4n) is 10.2. The summed E-state index contributed by atoms with van der Waals surface area (Å²) in [4.78, 5) is 3.84. The number of nitrogens with zero attached hydrogens (tertiary/aromatic N) is 1. The molecule has 5 aromatic rings. The number of halogens is 1. The summed E-state index contributed by atoms with van der Waals surface area (Å²) in [5, 5.41) is 1.80. The van der Waals surface area contributed by atoms with Gasteiger partial charge in [-0.25, -0.2) is 9.24 Å². The van der Waals surface area contributed by atoms with E-state index in [1.807, 2.05) is 105 Å². The van der Waals surface area contributed by atoms with Crippen molar-refractivity contribution in [2.24, 2.45) is 0 Å². The summed E-state index contributed by atoms with van der Waals surface area (Å²) >= 11 is 0. The van der Waals surface area contributed by atoms with Crippen LogP contribution in [-0.4, -0.2) is 58.6 Å². The van der Waals surface area contributed by atoms with Crippen LogP contribution in [0.3, 0.4) is 0 Å². The molecule has 0 saturated heterocycles. The molecule has 0 N–H and O–H groups in total. The molecule has 1 heterocycles. The Morgan fingerprint density at radius 1 is 0.696 bits per heavy atom. The Morgan fingerprint density at radius 3 is 1.77 bits per heavy atom. The molecular weight excluding hydrogens is 886 g/mol. The lowest BCUT2D eigenvalue weighted by Crippen LogP contribution is -2.57. The molecule has 7 rings (SSSR count). The summed E-state index contributed by atoms with van der Waals surface area (Å²) in [5.41, 5.74) is 4.18. The average Bonchev–Trinajstić information content (AvgIpc) is 3.58. The van der Waals surface area contributed by atoms with Gasteiger partial charge >= 0.3 is 8.80 Å². The number of hydrogen-bond donors (Lipinski definition) is 0. The molecule has 2 aliphatic rings. The van der Waals surface area contributed by atoms with Gasteiger partial charge in [0.25, 0.3) is 0 Å². The van der Waals surface area contributed by atoms with E-state index >= 15 is 0 Å². The van der Waals surface area contributed by atoms with Gasteiger partial charge in [-0.1, -0.05) is 62.4 Å². The highest BCUT2D eigenvalue weighted by atomic mass is 28.4. The molecule has 9 nitrogen and oxygen atoms in total. The van der Waals surface area contributed by atoms with Crippen LogP contribution in [-0.2, 0) is 29.0 Å². The molecule has 0 aromatic heterocycles. The molecule has 1 unspecified atom stereocenters. The molecule has 11 heteroatoms. The predicted molar refractivity (Wildman–Crippen MR) is 277 cm³/mol. The second-order valence-electron chi connectivity index (χ2n) is 21.9. The average molecular weight is 958 g/mol. The third-order valence-corrected chi connectivity index (χ3v) is 16.6. The summed E-state index contributed by atoms with van der Waals surface area (Å²) in [6.45, 7) is 35.5. The van der Waals surface area contributed by atoms with Crippen molar-refractivity contribution in [3.05, 3.63) is 130 Å². The summed E-state index contributed by atoms with van der Waals surface area (Å²) in [6, 6.07) is 25.1. The molecule has 0 fully saturated rings. The standard InChI is InChI=1S/C58H72FNO8Si/c1-17-57(18-2)47-35-41(60-14)25-28-43(47)50-45-36-48(61-15)49(62-16)37-46(45)52-44(51(50)57)29-30-58(65-52,38-19-23-40(59)24-20-38)39-21-26-42(27-22-39)63-32-33-64-56(12,13)31-34-69(66-53(3,4)5,67-54(6,7)8)68-55(9,10)11/h19-30,35-37H,17-18,31-34H2,1-13,15-16H3. The molecule has 0 radical (unpaired) electrons. The van der Waals surface area contributed by atoms with Gasteiger partial charge in [0.2, 0.25) is 0 Å². The van der Waals surface area contributed by atoms with E-state index in [-0.39, 0.29) is 5.82 Å². The van der Waals surface area contributed by atoms with Crippen molar-refractivity contribution >= 4 is 31.3 Å². The quantitative estimate of drug-likeness (QED) is 0.0518. The minimum absolute atomic E-state index is 0.326. The van der Waals surface area contributed by atoms with Crippen LogP contribution in [0.4, 0.5) is 10.1 Å². The Kier molecular flexibility index (Phi) is 14.3.